The summed E-state index contributed by atoms with van der Waals surface area (Å²) in [6, 6.07) is 4.26. The van der Waals surface area contributed by atoms with E-state index in [4.69, 9.17) is 11.6 Å². The van der Waals surface area contributed by atoms with Gasteiger partial charge in [-0.1, -0.05) is 25.4 Å². The molecule has 1 saturated heterocycles. The van der Waals surface area contributed by atoms with Gasteiger partial charge in [-0.05, 0) is 47.0 Å². The maximum atomic E-state index is 12.6. The number of benzene rings is 1. The zero-order chi connectivity index (χ0) is 14.9. The largest absolute Gasteiger partial charge is 0.342 e. The van der Waals surface area contributed by atoms with Gasteiger partial charge in [0.05, 0.1) is 5.69 Å². The zero-order valence-corrected chi connectivity index (χ0v) is 13.7. The lowest BCUT2D eigenvalue weighted by Crippen LogP contribution is -2.63. The monoisotopic (exact) mass is 358 g/mol. The summed E-state index contributed by atoms with van der Waals surface area (Å²) in [4.78, 5) is 26.3. The molecule has 2 amide bonds. The van der Waals surface area contributed by atoms with Crippen LogP contribution in [0.2, 0.25) is 5.02 Å². The summed E-state index contributed by atoms with van der Waals surface area (Å²) >= 11 is 9.35. The molecule has 4 nitrogen and oxygen atoms in total. The van der Waals surface area contributed by atoms with Crippen LogP contribution < -0.4 is 10.2 Å². The molecule has 0 radical (unpaired) electrons. The van der Waals surface area contributed by atoms with E-state index in [2.05, 4.69) is 21.2 Å². The summed E-state index contributed by atoms with van der Waals surface area (Å²) in [7, 11) is 0. The second kappa shape index (κ2) is 6.14. The molecule has 0 saturated carbocycles. The smallest absolute Gasteiger partial charge is 0.250 e. The number of nitrogens with one attached hydrogen (secondary N) is 1. The van der Waals surface area contributed by atoms with E-state index >= 15 is 0 Å². The van der Waals surface area contributed by atoms with Crippen LogP contribution in [0.4, 0.5) is 5.69 Å². The molecular weight excluding hydrogens is 344 g/mol. The van der Waals surface area contributed by atoms with Gasteiger partial charge in [-0.3, -0.25) is 14.5 Å². The van der Waals surface area contributed by atoms with Crippen LogP contribution in [0.3, 0.4) is 0 Å². The Balaban J connectivity index is 2.47. The van der Waals surface area contributed by atoms with E-state index in [0.717, 1.165) is 0 Å². The predicted molar refractivity (Wildman–Crippen MR) is 82.9 cm³/mol. The molecule has 1 aromatic carbocycles. The molecule has 1 aromatic rings. The van der Waals surface area contributed by atoms with E-state index in [1.54, 1.807) is 23.1 Å². The quantitative estimate of drug-likeness (QED) is 0.901. The van der Waals surface area contributed by atoms with E-state index in [-0.39, 0.29) is 11.8 Å². The standard InChI is InChI=1S/C14H16BrClN2O2/c1-3-10-14(20)18(11(4-2)13(19)17-10)12-6-5-8(16)7-9(12)15/h5-7,10-11H,3-4H2,1-2H3,(H,17,19). The highest BCUT2D eigenvalue weighted by Gasteiger charge is 2.40. The molecular formula is C14H16BrClN2O2. The second-order valence-electron chi connectivity index (χ2n) is 4.70. The number of halogens is 2. The van der Waals surface area contributed by atoms with Crippen molar-refractivity contribution in [2.75, 3.05) is 4.90 Å². The third-order valence-electron chi connectivity index (χ3n) is 3.43. The molecule has 6 heteroatoms. The van der Waals surface area contributed by atoms with Gasteiger partial charge in [0, 0.05) is 9.50 Å². The Morgan fingerprint density at radius 1 is 1.30 bits per heavy atom. The lowest BCUT2D eigenvalue weighted by molar-refractivity contribution is -0.134. The predicted octanol–water partition coefficient (Wildman–Crippen LogP) is 3.12. The first-order valence-corrected chi connectivity index (χ1v) is 7.75. The fourth-order valence-electron chi connectivity index (χ4n) is 2.38. The number of hydrogen-bond acceptors (Lipinski definition) is 2. The number of carbonyl (C=O) groups excluding carboxylic acids is 2. The minimum atomic E-state index is -0.484. The summed E-state index contributed by atoms with van der Waals surface area (Å²) in [5.74, 6) is -0.192. The fourth-order valence-corrected chi connectivity index (χ4v) is 3.25. The fraction of sp³-hybridized carbons (Fsp3) is 0.429. The van der Waals surface area contributed by atoms with Gasteiger partial charge in [0.1, 0.15) is 12.1 Å². The SMILES string of the molecule is CCC1NC(=O)C(CC)N(c2ccc(Cl)cc2Br)C1=O. The average molecular weight is 360 g/mol. The number of rotatable bonds is 3. The van der Waals surface area contributed by atoms with Crippen LogP contribution in [0.25, 0.3) is 0 Å². The number of piperazine rings is 1. The molecule has 1 aliphatic rings. The van der Waals surface area contributed by atoms with Crippen LogP contribution in [0.5, 0.6) is 0 Å². The molecule has 2 atom stereocenters. The van der Waals surface area contributed by atoms with Crippen molar-refractivity contribution in [3.63, 3.8) is 0 Å². The van der Waals surface area contributed by atoms with Crippen LogP contribution in [-0.2, 0) is 9.59 Å². The number of anilines is 1. The summed E-state index contributed by atoms with van der Waals surface area (Å²) < 4.78 is 0.710. The first-order valence-electron chi connectivity index (χ1n) is 6.58. The first-order chi connectivity index (χ1) is 9.49. The third kappa shape index (κ3) is 2.69. The topological polar surface area (TPSA) is 49.4 Å². The molecule has 0 bridgehead atoms. The highest BCUT2D eigenvalue weighted by atomic mass is 79.9. The lowest BCUT2D eigenvalue weighted by atomic mass is 10.0. The maximum Gasteiger partial charge on any atom is 0.250 e. The van der Waals surface area contributed by atoms with Gasteiger partial charge in [-0.25, -0.2) is 0 Å². The summed E-state index contributed by atoms with van der Waals surface area (Å²) in [6.07, 6.45) is 1.13. The van der Waals surface area contributed by atoms with Gasteiger partial charge in [-0.2, -0.15) is 0 Å². The van der Waals surface area contributed by atoms with Crippen LogP contribution in [0.1, 0.15) is 26.7 Å². The van der Waals surface area contributed by atoms with Gasteiger partial charge >= 0.3 is 0 Å². The van der Waals surface area contributed by atoms with E-state index < -0.39 is 12.1 Å². The van der Waals surface area contributed by atoms with Crippen molar-refractivity contribution in [1.82, 2.24) is 5.32 Å². The number of carbonyl (C=O) groups is 2. The van der Waals surface area contributed by atoms with Gasteiger partial charge < -0.3 is 5.32 Å². The van der Waals surface area contributed by atoms with Crippen molar-refractivity contribution >= 4 is 45.0 Å². The zero-order valence-electron chi connectivity index (χ0n) is 11.3. The van der Waals surface area contributed by atoms with Crippen molar-refractivity contribution in [3.05, 3.63) is 27.7 Å². The van der Waals surface area contributed by atoms with Gasteiger partial charge in [0.2, 0.25) is 11.8 Å². The molecule has 20 heavy (non-hydrogen) atoms. The molecule has 2 unspecified atom stereocenters. The van der Waals surface area contributed by atoms with Crippen molar-refractivity contribution < 1.29 is 9.59 Å². The first kappa shape index (κ1) is 15.3. The van der Waals surface area contributed by atoms with E-state index in [1.807, 2.05) is 13.8 Å². The average Bonchev–Trinajstić information content (AvgIpc) is 2.41. The Morgan fingerprint density at radius 2 is 2.00 bits per heavy atom. The molecule has 1 heterocycles. The van der Waals surface area contributed by atoms with Crippen molar-refractivity contribution in [2.45, 2.75) is 38.8 Å². The normalized spacial score (nSPS) is 22.9. The molecule has 0 aliphatic carbocycles. The minimum absolute atomic E-state index is 0.0815. The van der Waals surface area contributed by atoms with E-state index in [0.29, 0.717) is 28.0 Å². The highest BCUT2D eigenvalue weighted by Crippen LogP contribution is 2.33. The summed E-state index contributed by atoms with van der Waals surface area (Å²) in [6.45, 7) is 3.77. The van der Waals surface area contributed by atoms with E-state index in [9.17, 15) is 9.59 Å². The Morgan fingerprint density at radius 3 is 2.55 bits per heavy atom. The second-order valence-corrected chi connectivity index (χ2v) is 5.99. The Hall–Kier alpha value is -1.07. The minimum Gasteiger partial charge on any atom is -0.342 e. The molecule has 1 aliphatic heterocycles. The van der Waals surface area contributed by atoms with Crippen LogP contribution >= 0.6 is 27.5 Å². The third-order valence-corrected chi connectivity index (χ3v) is 4.30. The Labute approximate surface area is 131 Å². The van der Waals surface area contributed by atoms with Crippen molar-refractivity contribution in [2.24, 2.45) is 0 Å². The molecule has 1 N–H and O–H groups in total. The van der Waals surface area contributed by atoms with Gasteiger partial charge in [0.25, 0.3) is 0 Å². The molecule has 2 rings (SSSR count). The molecule has 0 aromatic heterocycles. The van der Waals surface area contributed by atoms with Gasteiger partial charge in [-0.15, -0.1) is 0 Å². The molecule has 1 fully saturated rings. The Kier molecular flexibility index (Phi) is 4.70. The Bertz CT molecular complexity index is 550. The van der Waals surface area contributed by atoms with Crippen molar-refractivity contribution in [1.29, 1.82) is 0 Å². The number of amides is 2. The number of nitrogens with zero attached hydrogens (tertiary/aromatic N) is 1. The van der Waals surface area contributed by atoms with Gasteiger partial charge in [0.15, 0.2) is 0 Å². The van der Waals surface area contributed by atoms with E-state index in [1.165, 1.54) is 0 Å². The van der Waals surface area contributed by atoms with Crippen LogP contribution in [0.15, 0.2) is 22.7 Å². The number of hydrogen-bond donors (Lipinski definition) is 1. The lowest BCUT2D eigenvalue weighted by Gasteiger charge is -2.38. The molecule has 0 spiro atoms. The molecule has 108 valence electrons. The summed E-state index contributed by atoms with van der Waals surface area (Å²) in [5.41, 5.74) is 0.680. The van der Waals surface area contributed by atoms with Crippen LogP contribution in [-0.4, -0.2) is 23.9 Å². The van der Waals surface area contributed by atoms with Crippen LogP contribution in [0, 0.1) is 0 Å². The summed E-state index contributed by atoms with van der Waals surface area (Å²) in [5, 5.41) is 3.35. The highest BCUT2D eigenvalue weighted by molar-refractivity contribution is 9.10. The van der Waals surface area contributed by atoms with Crippen molar-refractivity contribution in [3.8, 4) is 0 Å². The maximum absolute atomic E-state index is 12.6.